The summed E-state index contributed by atoms with van der Waals surface area (Å²) in [5, 5.41) is 0.612. The third-order valence-electron chi connectivity index (χ3n) is 11.9. The molecule has 22 heteroatoms. The van der Waals surface area contributed by atoms with Gasteiger partial charge in [-0.05, 0) is 111 Å². The minimum absolute atomic E-state index is 0.0175. The molecule has 0 amide bonds. The number of fused-ring (bicyclic) bond motifs is 6. The summed E-state index contributed by atoms with van der Waals surface area (Å²) in [6.45, 7) is -0.516. The van der Waals surface area contributed by atoms with Crippen LogP contribution in [0.15, 0.2) is 82.6 Å². The first-order valence-corrected chi connectivity index (χ1v) is 23.8. The molecule has 10 nitrogen and oxygen atoms in total. The molecule has 0 aromatic heterocycles. The van der Waals surface area contributed by atoms with Gasteiger partial charge in [-0.2, -0.15) is 13.2 Å². The monoisotopic (exact) mass is 958 g/mol. The Morgan fingerprint density at radius 2 is 1.00 bits per heavy atom. The average Bonchev–Trinajstić information content (AvgIpc) is 3.20. The van der Waals surface area contributed by atoms with E-state index in [0.717, 1.165) is 24.3 Å². The van der Waals surface area contributed by atoms with Gasteiger partial charge in [-0.1, -0.05) is 23.2 Å². The van der Waals surface area contributed by atoms with Crippen LogP contribution in [0.3, 0.4) is 0 Å². The van der Waals surface area contributed by atoms with Crippen molar-refractivity contribution in [1.29, 1.82) is 0 Å². The summed E-state index contributed by atoms with van der Waals surface area (Å²) in [6, 6.07) is 12.6. The molecule has 3 N–H and O–H groups in total. The molecule has 4 aliphatic rings. The quantitative estimate of drug-likeness (QED) is 0.182. The number of alkyl halides is 3. The molecule has 0 radical (unpaired) electrons. The fraction of sp³-hybridized carbons (Fsp3) is 0.385. The normalized spacial score (nSPS) is 26.2. The zero-order chi connectivity index (χ0) is 44.5. The van der Waals surface area contributed by atoms with E-state index in [-0.39, 0.29) is 51.6 Å². The van der Waals surface area contributed by atoms with Crippen LogP contribution in [0, 0.1) is 35.1 Å². The van der Waals surface area contributed by atoms with Crippen molar-refractivity contribution in [3.8, 4) is 11.5 Å². The van der Waals surface area contributed by atoms with Gasteiger partial charge in [0.1, 0.15) is 21.1 Å². The second-order valence-electron chi connectivity index (χ2n) is 15.2. The topological polar surface area (TPSA) is 159 Å². The summed E-state index contributed by atoms with van der Waals surface area (Å²) in [5.74, 6) is -6.30. The van der Waals surface area contributed by atoms with Crippen molar-refractivity contribution in [3.63, 3.8) is 0 Å². The van der Waals surface area contributed by atoms with Gasteiger partial charge < -0.3 is 15.2 Å². The molecule has 2 fully saturated rings. The maximum absolute atomic E-state index is 15.1. The molecule has 61 heavy (non-hydrogen) atoms. The Labute approximate surface area is 356 Å². The molecule has 330 valence electrons. The van der Waals surface area contributed by atoms with Crippen molar-refractivity contribution in [2.75, 3.05) is 13.2 Å². The zero-order valence-corrected chi connectivity index (χ0v) is 35.3. The summed E-state index contributed by atoms with van der Waals surface area (Å²) >= 11 is 11.7. The molecular formula is C39H35Cl2F7N2O8S3. The molecule has 0 saturated heterocycles. The number of nitrogens with one attached hydrogen (secondary N) is 1. The minimum atomic E-state index is -5.71. The largest absolute Gasteiger partial charge is 0.511 e. The molecule has 4 aromatic rings. The Morgan fingerprint density at radius 1 is 0.607 bits per heavy atom. The lowest BCUT2D eigenvalue weighted by molar-refractivity contribution is -0.0454. The van der Waals surface area contributed by atoms with Crippen molar-refractivity contribution in [3.05, 3.63) is 117 Å². The number of sulfonamides is 1. The number of hydrogen-bond donors (Lipinski definition) is 2. The molecule has 6 atom stereocenters. The van der Waals surface area contributed by atoms with Crippen LogP contribution in [-0.2, 0) is 39.2 Å². The molecule has 2 heterocycles. The highest BCUT2D eigenvalue weighted by atomic mass is 35.5. The van der Waals surface area contributed by atoms with E-state index < -0.39 is 117 Å². The van der Waals surface area contributed by atoms with Crippen molar-refractivity contribution in [2.24, 2.45) is 17.6 Å². The maximum Gasteiger partial charge on any atom is 0.511 e. The van der Waals surface area contributed by atoms with Crippen molar-refractivity contribution >= 4 is 52.9 Å². The second-order valence-corrected chi connectivity index (χ2v) is 22.2. The lowest BCUT2D eigenvalue weighted by atomic mass is 9.71. The van der Waals surface area contributed by atoms with E-state index in [2.05, 4.69) is 0 Å². The van der Waals surface area contributed by atoms with E-state index in [1.165, 1.54) is 48.5 Å². The van der Waals surface area contributed by atoms with Gasteiger partial charge in [0.15, 0.2) is 42.8 Å². The van der Waals surface area contributed by atoms with E-state index in [4.69, 9.17) is 38.4 Å². The van der Waals surface area contributed by atoms with Gasteiger partial charge in [-0.15, -0.1) is 0 Å². The second kappa shape index (κ2) is 16.2. The van der Waals surface area contributed by atoms with Crippen molar-refractivity contribution in [1.82, 2.24) is 4.72 Å². The first-order valence-electron chi connectivity index (χ1n) is 18.5. The van der Waals surface area contributed by atoms with E-state index in [9.17, 15) is 51.6 Å². The van der Waals surface area contributed by atoms with Crippen LogP contribution >= 0.6 is 23.2 Å². The van der Waals surface area contributed by atoms with Gasteiger partial charge in [-0.25, -0.2) is 47.5 Å². The SMILES string of the molecule is N[C@@H]1CC[C@@]2(S(=O)(=O)c3ccc(Cl)cc3)c3c(F)ccc(F)c3OC[C@H]2C1.O=S(=O)(N[C@@H]1CC[C@@]2(S(=O)(=O)c3ccc(Cl)cc3)c3c(F)ccc(F)c3OC[C@H]2C1)C(F)(F)F. The van der Waals surface area contributed by atoms with Gasteiger partial charge in [0.2, 0.25) is 0 Å². The van der Waals surface area contributed by atoms with Crippen molar-refractivity contribution in [2.45, 2.75) is 75.4 Å². The first-order chi connectivity index (χ1) is 28.5. The Kier molecular flexibility index (Phi) is 12.0. The third kappa shape index (κ3) is 7.56. The van der Waals surface area contributed by atoms with E-state index in [1.54, 1.807) is 4.72 Å². The Bertz CT molecular complexity index is 2700. The van der Waals surface area contributed by atoms with Gasteiger partial charge >= 0.3 is 15.5 Å². The van der Waals surface area contributed by atoms with Crippen LogP contribution in [0.25, 0.3) is 0 Å². The number of hydrogen-bond acceptors (Lipinski definition) is 9. The highest BCUT2D eigenvalue weighted by Crippen LogP contribution is 2.58. The van der Waals surface area contributed by atoms with Gasteiger partial charge in [0.25, 0.3) is 0 Å². The number of halogens is 9. The standard InChI is InChI=1S/C20H17ClF5NO5S2.C19H18ClF2NO3S/c21-12-1-3-14(4-2-12)33(28,29)19-8-7-13(27-34(30,31)20(24,25)26)9-11(19)10-32-18-16(23)6-5-15(22)17(18)19;20-12-1-3-14(4-2-12)27(24,25)19-8-7-13(23)9-11(19)10-26-18-16(22)6-5-15(21)17(18)19/h1-6,11,13,27H,7-10H2;1-6,11,13H,7-10,23H2/t2*11-,13-,19+/m11/s1. The predicted octanol–water partition coefficient (Wildman–Crippen LogP) is 8.09. The molecule has 8 rings (SSSR count). The smallest absolute Gasteiger partial charge is 0.490 e. The van der Waals surface area contributed by atoms with Crippen LogP contribution in [0.4, 0.5) is 30.7 Å². The molecular weight excluding hydrogens is 925 g/mol. The fourth-order valence-electron chi connectivity index (χ4n) is 9.11. The lowest BCUT2D eigenvalue weighted by Crippen LogP contribution is -2.56. The Morgan fingerprint density at radius 3 is 1.43 bits per heavy atom. The number of ether oxygens (including phenoxy) is 2. The van der Waals surface area contributed by atoms with E-state index in [1.807, 2.05) is 0 Å². The first kappa shape index (κ1) is 45.4. The van der Waals surface area contributed by atoms with Gasteiger partial charge in [0, 0.05) is 34.0 Å². The molecule has 2 aliphatic carbocycles. The molecule has 2 saturated carbocycles. The number of nitrogens with two attached hydrogens (primary N) is 1. The van der Waals surface area contributed by atoms with E-state index in [0.29, 0.717) is 17.9 Å². The van der Waals surface area contributed by atoms with Crippen molar-refractivity contribution < 1.29 is 65.5 Å². The zero-order valence-electron chi connectivity index (χ0n) is 31.4. The molecule has 0 spiro atoms. The number of rotatable bonds is 6. The van der Waals surface area contributed by atoms with Crippen LogP contribution < -0.4 is 19.9 Å². The molecule has 4 aromatic carbocycles. The maximum atomic E-state index is 15.1. The fourth-order valence-corrected chi connectivity index (χ4v) is 14.9. The minimum Gasteiger partial charge on any atom is -0.490 e. The molecule has 2 aliphatic heterocycles. The summed E-state index contributed by atoms with van der Waals surface area (Å²) in [6.07, 6.45) is -0.447. The van der Waals surface area contributed by atoms with Crippen LogP contribution in [0.5, 0.6) is 11.5 Å². The summed E-state index contributed by atoms with van der Waals surface area (Å²) in [5.41, 5.74) is -0.294. The van der Waals surface area contributed by atoms with Crippen LogP contribution in [0.1, 0.15) is 49.7 Å². The molecule has 0 bridgehead atoms. The molecule has 0 unspecified atom stereocenters. The summed E-state index contributed by atoms with van der Waals surface area (Å²) in [4.78, 5) is -0.239. The van der Waals surface area contributed by atoms with Gasteiger partial charge in [-0.3, -0.25) is 0 Å². The number of sulfone groups is 2. The highest BCUT2D eigenvalue weighted by Gasteiger charge is 2.61. The van der Waals surface area contributed by atoms with E-state index >= 15 is 4.39 Å². The average molecular weight is 960 g/mol. The lowest BCUT2D eigenvalue weighted by Gasteiger charge is -2.49. The Hall–Kier alpha value is -3.66. The third-order valence-corrected chi connectivity index (χ3v) is 18.8. The summed E-state index contributed by atoms with van der Waals surface area (Å²) < 4.78 is 185. The Balaban J connectivity index is 0.000000189. The number of benzene rings is 4. The van der Waals surface area contributed by atoms with Crippen LogP contribution in [0.2, 0.25) is 10.0 Å². The summed E-state index contributed by atoms with van der Waals surface area (Å²) in [7, 11) is -14.3. The van der Waals surface area contributed by atoms with Gasteiger partial charge in [0.05, 0.1) is 34.1 Å². The highest BCUT2D eigenvalue weighted by molar-refractivity contribution is 7.92. The predicted molar refractivity (Wildman–Crippen MR) is 209 cm³/mol. The van der Waals surface area contributed by atoms with Crippen LogP contribution in [-0.4, -0.2) is 56.1 Å².